The maximum Gasteiger partial charge on any atom is 0.323 e. The van der Waals surface area contributed by atoms with Gasteiger partial charge in [-0.15, -0.1) is 0 Å². The molecule has 1 aliphatic rings. The van der Waals surface area contributed by atoms with E-state index in [1.54, 1.807) is 0 Å². The van der Waals surface area contributed by atoms with Gasteiger partial charge in [-0.25, -0.2) is 0 Å². The van der Waals surface area contributed by atoms with Crippen molar-refractivity contribution < 1.29 is 9.53 Å². The van der Waals surface area contributed by atoms with Crippen molar-refractivity contribution in [3.05, 3.63) is 0 Å². The van der Waals surface area contributed by atoms with Crippen LogP contribution in [0.1, 0.15) is 19.8 Å². The number of methoxy groups -OCH3 is 1. The lowest BCUT2D eigenvalue weighted by atomic mass is 9.99. The van der Waals surface area contributed by atoms with Crippen molar-refractivity contribution in [2.24, 2.45) is 0 Å². The molecule has 0 radical (unpaired) electrons. The zero-order chi connectivity index (χ0) is 10.6. The Morgan fingerprint density at radius 2 is 2.43 bits per heavy atom. The van der Waals surface area contributed by atoms with Crippen molar-refractivity contribution in [3.8, 4) is 0 Å². The Hall–Kier alpha value is -0.220. The summed E-state index contributed by atoms with van der Waals surface area (Å²) in [6.07, 6.45) is 4.21. The SMILES string of the molecule is COC(=O)C1CCN1C(C)CCSC. The van der Waals surface area contributed by atoms with Crippen LogP contribution < -0.4 is 0 Å². The van der Waals surface area contributed by atoms with Crippen LogP contribution in [0.4, 0.5) is 0 Å². The maximum atomic E-state index is 11.3. The highest BCUT2D eigenvalue weighted by Crippen LogP contribution is 2.23. The van der Waals surface area contributed by atoms with E-state index in [0.29, 0.717) is 6.04 Å². The van der Waals surface area contributed by atoms with Crippen LogP contribution in [0.2, 0.25) is 0 Å². The first-order valence-electron chi connectivity index (χ1n) is 5.03. The van der Waals surface area contributed by atoms with Crippen LogP contribution in [0.3, 0.4) is 0 Å². The predicted octanol–water partition coefficient (Wildman–Crippen LogP) is 1.38. The molecule has 0 aliphatic carbocycles. The van der Waals surface area contributed by atoms with Crippen LogP contribution in [-0.4, -0.2) is 48.6 Å². The normalized spacial score (nSPS) is 24.1. The number of ether oxygens (including phenoxy) is 1. The number of carbonyl (C=O) groups excluding carboxylic acids is 1. The standard InChI is InChI=1S/C10H19NO2S/c1-8(5-7-14-3)11-6-4-9(11)10(12)13-2/h8-9H,4-7H2,1-3H3. The van der Waals surface area contributed by atoms with Crippen LogP contribution in [0, 0.1) is 0 Å². The number of carbonyl (C=O) groups is 1. The minimum Gasteiger partial charge on any atom is -0.468 e. The van der Waals surface area contributed by atoms with Gasteiger partial charge in [0.15, 0.2) is 0 Å². The first kappa shape index (κ1) is 11.9. The van der Waals surface area contributed by atoms with Gasteiger partial charge in [-0.05, 0) is 31.8 Å². The van der Waals surface area contributed by atoms with Crippen molar-refractivity contribution in [2.45, 2.75) is 31.8 Å². The highest BCUT2D eigenvalue weighted by molar-refractivity contribution is 7.98. The second-order valence-electron chi connectivity index (χ2n) is 3.70. The largest absolute Gasteiger partial charge is 0.468 e. The minimum atomic E-state index is -0.0766. The average molecular weight is 217 g/mol. The van der Waals surface area contributed by atoms with Gasteiger partial charge in [-0.2, -0.15) is 11.8 Å². The zero-order valence-electron chi connectivity index (χ0n) is 9.16. The predicted molar refractivity (Wildman–Crippen MR) is 59.6 cm³/mol. The second-order valence-corrected chi connectivity index (χ2v) is 4.68. The molecule has 0 N–H and O–H groups in total. The zero-order valence-corrected chi connectivity index (χ0v) is 9.97. The number of likely N-dealkylation sites (tertiary alicyclic amines) is 1. The van der Waals surface area contributed by atoms with Crippen molar-refractivity contribution in [1.82, 2.24) is 4.90 Å². The summed E-state index contributed by atoms with van der Waals surface area (Å²) in [5.74, 6) is 1.08. The smallest absolute Gasteiger partial charge is 0.323 e. The summed E-state index contributed by atoms with van der Waals surface area (Å²) in [4.78, 5) is 13.6. The van der Waals surface area contributed by atoms with Crippen molar-refractivity contribution in [3.63, 3.8) is 0 Å². The lowest BCUT2D eigenvalue weighted by Crippen LogP contribution is -2.56. The van der Waals surface area contributed by atoms with E-state index in [0.717, 1.165) is 25.1 Å². The monoisotopic (exact) mass is 217 g/mol. The summed E-state index contributed by atoms with van der Waals surface area (Å²) >= 11 is 1.85. The Morgan fingerprint density at radius 1 is 1.71 bits per heavy atom. The molecule has 0 aromatic carbocycles. The van der Waals surface area contributed by atoms with Gasteiger partial charge in [0.25, 0.3) is 0 Å². The molecule has 2 atom stereocenters. The second kappa shape index (κ2) is 5.61. The van der Waals surface area contributed by atoms with Gasteiger partial charge in [0, 0.05) is 12.6 Å². The molecular weight excluding hydrogens is 198 g/mol. The average Bonchev–Trinajstić information content (AvgIpc) is 2.12. The first-order chi connectivity index (χ1) is 6.70. The minimum absolute atomic E-state index is 0.0249. The molecule has 0 bridgehead atoms. The van der Waals surface area contributed by atoms with Crippen LogP contribution in [0.25, 0.3) is 0 Å². The van der Waals surface area contributed by atoms with E-state index in [-0.39, 0.29) is 12.0 Å². The summed E-state index contributed by atoms with van der Waals surface area (Å²) in [6.45, 7) is 3.22. The quantitative estimate of drug-likeness (QED) is 0.651. The van der Waals surface area contributed by atoms with Crippen LogP contribution >= 0.6 is 11.8 Å². The maximum absolute atomic E-state index is 11.3. The fraction of sp³-hybridized carbons (Fsp3) is 0.900. The molecule has 1 aliphatic heterocycles. The molecule has 0 saturated carbocycles. The number of hydrogen-bond donors (Lipinski definition) is 0. The van der Waals surface area contributed by atoms with Gasteiger partial charge in [0.2, 0.25) is 0 Å². The Kier molecular flexibility index (Phi) is 4.75. The molecule has 3 nitrogen and oxygen atoms in total. The number of hydrogen-bond acceptors (Lipinski definition) is 4. The highest BCUT2D eigenvalue weighted by atomic mass is 32.2. The van der Waals surface area contributed by atoms with Gasteiger partial charge in [0.05, 0.1) is 7.11 Å². The van der Waals surface area contributed by atoms with Gasteiger partial charge in [-0.3, -0.25) is 9.69 Å². The number of esters is 1. The molecule has 1 heterocycles. The first-order valence-corrected chi connectivity index (χ1v) is 6.42. The van der Waals surface area contributed by atoms with Gasteiger partial charge < -0.3 is 4.74 Å². The van der Waals surface area contributed by atoms with E-state index in [1.165, 1.54) is 7.11 Å². The molecule has 1 rings (SSSR count). The number of thioether (sulfide) groups is 1. The van der Waals surface area contributed by atoms with Gasteiger partial charge in [-0.1, -0.05) is 0 Å². The number of nitrogens with zero attached hydrogens (tertiary/aromatic N) is 1. The van der Waals surface area contributed by atoms with Crippen LogP contribution in [-0.2, 0) is 9.53 Å². The fourth-order valence-electron chi connectivity index (χ4n) is 1.78. The van der Waals surface area contributed by atoms with Crippen LogP contribution in [0.15, 0.2) is 0 Å². The summed E-state index contributed by atoms with van der Waals surface area (Å²) in [5, 5.41) is 0. The van der Waals surface area contributed by atoms with Gasteiger partial charge >= 0.3 is 5.97 Å². The molecule has 14 heavy (non-hydrogen) atoms. The third-order valence-electron chi connectivity index (χ3n) is 2.84. The van der Waals surface area contributed by atoms with Crippen molar-refractivity contribution in [2.75, 3.05) is 25.7 Å². The molecule has 0 aromatic heterocycles. The molecule has 82 valence electrons. The summed E-state index contributed by atoms with van der Waals surface area (Å²) in [6, 6.07) is 0.525. The van der Waals surface area contributed by atoms with E-state index in [4.69, 9.17) is 4.74 Å². The third kappa shape index (κ3) is 2.64. The molecule has 1 fully saturated rings. The molecule has 0 aromatic rings. The Balaban J connectivity index is 2.33. The van der Waals surface area contributed by atoms with Gasteiger partial charge in [0.1, 0.15) is 6.04 Å². The molecule has 1 saturated heterocycles. The van der Waals surface area contributed by atoms with E-state index >= 15 is 0 Å². The Bertz CT molecular complexity index is 199. The highest BCUT2D eigenvalue weighted by Gasteiger charge is 2.37. The van der Waals surface area contributed by atoms with E-state index < -0.39 is 0 Å². The summed E-state index contributed by atoms with van der Waals surface area (Å²) < 4.78 is 4.75. The van der Waals surface area contributed by atoms with Crippen molar-refractivity contribution in [1.29, 1.82) is 0 Å². The summed E-state index contributed by atoms with van der Waals surface area (Å²) in [7, 11) is 1.46. The topological polar surface area (TPSA) is 29.5 Å². The Labute approximate surface area is 90.2 Å². The molecule has 4 heteroatoms. The number of rotatable bonds is 5. The molecular formula is C10H19NO2S. The Morgan fingerprint density at radius 3 is 2.86 bits per heavy atom. The van der Waals surface area contributed by atoms with E-state index in [1.807, 2.05) is 11.8 Å². The lowest BCUT2D eigenvalue weighted by Gasteiger charge is -2.43. The van der Waals surface area contributed by atoms with Crippen LogP contribution in [0.5, 0.6) is 0 Å². The van der Waals surface area contributed by atoms with E-state index in [2.05, 4.69) is 18.1 Å². The third-order valence-corrected chi connectivity index (χ3v) is 3.48. The molecule has 0 amide bonds. The molecule has 2 unspecified atom stereocenters. The molecule has 0 spiro atoms. The lowest BCUT2D eigenvalue weighted by molar-refractivity contribution is -0.153. The fourth-order valence-corrected chi connectivity index (χ4v) is 2.36. The summed E-state index contributed by atoms with van der Waals surface area (Å²) in [5.41, 5.74) is 0. The van der Waals surface area contributed by atoms with Crippen molar-refractivity contribution >= 4 is 17.7 Å². The van der Waals surface area contributed by atoms with E-state index in [9.17, 15) is 4.79 Å².